The van der Waals surface area contributed by atoms with Crippen molar-refractivity contribution in [2.75, 3.05) is 13.2 Å². The van der Waals surface area contributed by atoms with Crippen LogP contribution in [-0.4, -0.2) is 29.3 Å². The maximum Gasteiger partial charge on any atom is 0.315 e. The molecule has 1 rings (SSSR count). The monoisotopic (exact) mass is 223 g/mol. The van der Waals surface area contributed by atoms with Crippen LogP contribution in [0.5, 0.6) is 0 Å². The third-order valence-corrected chi connectivity index (χ3v) is 2.90. The molecule has 0 aliphatic carbocycles. The average molecular weight is 223 g/mol. The molecule has 0 heterocycles. The van der Waals surface area contributed by atoms with Gasteiger partial charge in [-0.2, -0.15) is 0 Å². The Balaban J connectivity index is 3.18. The number of aliphatic carboxylic acids is 1. The van der Waals surface area contributed by atoms with Crippen LogP contribution in [-0.2, 0) is 10.2 Å². The first-order chi connectivity index (χ1) is 7.56. The third kappa shape index (κ3) is 2.23. The van der Waals surface area contributed by atoms with Crippen LogP contribution in [0.3, 0.4) is 0 Å². The Morgan fingerprint density at radius 3 is 2.31 bits per heavy atom. The molecule has 4 nitrogen and oxygen atoms in total. The highest BCUT2D eigenvalue weighted by Crippen LogP contribution is 2.27. The number of benzene rings is 1. The quantitative estimate of drug-likeness (QED) is 0.684. The topological polar surface area (TPSA) is 83.5 Å². The molecule has 0 amide bonds. The van der Waals surface area contributed by atoms with Crippen molar-refractivity contribution in [3.63, 3.8) is 0 Å². The van der Waals surface area contributed by atoms with E-state index in [4.69, 9.17) is 10.8 Å². The summed E-state index contributed by atoms with van der Waals surface area (Å²) in [4.78, 5) is 11.3. The van der Waals surface area contributed by atoms with Crippen molar-refractivity contribution in [2.45, 2.75) is 18.8 Å². The molecule has 0 saturated carbocycles. The highest BCUT2D eigenvalue weighted by Gasteiger charge is 2.38. The predicted octanol–water partition coefficient (Wildman–Crippen LogP) is 0.659. The van der Waals surface area contributed by atoms with Gasteiger partial charge in [0.05, 0.1) is 0 Å². The smallest absolute Gasteiger partial charge is 0.315 e. The van der Waals surface area contributed by atoms with Crippen LogP contribution >= 0.6 is 0 Å². The van der Waals surface area contributed by atoms with E-state index >= 15 is 0 Å². The van der Waals surface area contributed by atoms with E-state index in [-0.39, 0.29) is 19.6 Å². The fourth-order valence-electron chi connectivity index (χ4n) is 1.75. The van der Waals surface area contributed by atoms with Crippen molar-refractivity contribution < 1.29 is 15.0 Å². The Hall–Kier alpha value is -1.39. The molecule has 0 spiro atoms. The molecule has 1 aromatic rings. The summed E-state index contributed by atoms with van der Waals surface area (Å²) in [6.45, 7) is 1.71. The van der Waals surface area contributed by atoms with Gasteiger partial charge in [0.2, 0.25) is 0 Å². The van der Waals surface area contributed by atoms with Crippen molar-refractivity contribution >= 4 is 5.97 Å². The zero-order valence-electron chi connectivity index (χ0n) is 9.31. The molecule has 4 N–H and O–H groups in total. The highest BCUT2D eigenvalue weighted by atomic mass is 16.4. The fourth-order valence-corrected chi connectivity index (χ4v) is 1.75. The molecule has 0 aliphatic heterocycles. The minimum Gasteiger partial charge on any atom is -0.481 e. The van der Waals surface area contributed by atoms with E-state index in [2.05, 4.69) is 0 Å². The largest absolute Gasteiger partial charge is 0.481 e. The van der Waals surface area contributed by atoms with Gasteiger partial charge in [-0.05, 0) is 18.9 Å². The summed E-state index contributed by atoms with van der Waals surface area (Å²) in [5.41, 5.74) is 6.09. The highest BCUT2D eigenvalue weighted by molar-refractivity contribution is 5.81. The van der Waals surface area contributed by atoms with Gasteiger partial charge in [0.25, 0.3) is 0 Å². The average Bonchev–Trinajstić information content (AvgIpc) is 2.27. The third-order valence-electron chi connectivity index (χ3n) is 2.90. The Morgan fingerprint density at radius 1 is 1.38 bits per heavy atom. The molecule has 16 heavy (non-hydrogen) atoms. The molecule has 0 aromatic heterocycles. The number of hydrogen-bond donors (Lipinski definition) is 3. The van der Waals surface area contributed by atoms with Crippen LogP contribution in [0.15, 0.2) is 24.3 Å². The molecule has 0 aliphatic rings. The molecule has 1 atom stereocenters. The second-order valence-corrected chi connectivity index (χ2v) is 3.93. The molecule has 1 unspecified atom stereocenters. The Labute approximate surface area is 94.7 Å². The van der Waals surface area contributed by atoms with E-state index < -0.39 is 11.4 Å². The van der Waals surface area contributed by atoms with Crippen LogP contribution in [0.2, 0.25) is 0 Å². The molecular formula is C12H17NO3. The number of carboxylic acids is 1. The predicted molar refractivity (Wildman–Crippen MR) is 61.3 cm³/mol. The van der Waals surface area contributed by atoms with Crippen molar-refractivity contribution in [1.29, 1.82) is 0 Å². The number of aliphatic hydroxyl groups excluding tert-OH is 1. The van der Waals surface area contributed by atoms with Gasteiger partial charge >= 0.3 is 5.97 Å². The van der Waals surface area contributed by atoms with Crippen molar-refractivity contribution in [2.24, 2.45) is 5.73 Å². The SMILES string of the molecule is Cc1ccc(C(CN)(CCO)C(=O)O)cc1. The first-order valence-corrected chi connectivity index (χ1v) is 5.18. The fraction of sp³-hybridized carbons (Fsp3) is 0.417. The minimum atomic E-state index is -1.18. The number of carboxylic acid groups (broad SMARTS) is 1. The first kappa shape index (κ1) is 12.7. The van der Waals surface area contributed by atoms with E-state index in [0.29, 0.717) is 5.56 Å². The molecular weight excluding hydrogens is 206 g/mol. The minimum absolute atomic E-state index is 0.0219. The lowest BCUT2D eigenvalue weighted by Gasteiger charge is -2.27. The Kier molecular flexibility index (Phi) is 4.04. The summed E-state index contributed by atoms with van der Waals surface area (Å²) in [7, 11) is 0. The number of carbonyl (C=O) groups is 1. The van der Waals surface area contributed by atoms with Gasteiger partial charge in [0.1, 0.15) is 5.41 Å². The van der Waals surface area contributed by atoms with E-state index in [1.807, 2.05) is 19.1 Å². The molecule has 1 aromatic carbocycles. The van der Waals surface area contributed by atoms with E-state index in [1.165, 1.54) is 0 Å². The summed E-state index contributed by atoms with van der Waals surface area (Å²) < 4.78 is 0. The molecule has 0 saturated heterocycles. The Morgan fingerprint density at radius 2 is 1.94 bits per heavy atom. The van der Waals surface area contributed by atoms with Crippen LogP contribution in [0.25, 0.3) is 0 Å². The van der Waals surface area contributed by atoms with Gasteiger partial charge in [0.15, 0.2) is 0 Å². The van der Waals surface area contributed by atoms with Gasteiger partial charge in [-0.25, -0.2) is 0 Å². The van der Waals surface area contributed by atoms with Crippen LogP contribution in [0.4, 0.5) is 0 Å². The summed E-state index contributed by atoms with van der Waals surface area (Å²) in [6.07, 6.45) is 0.127. The van der Waals surface area contributed by atoms with Gasteiger partial charge < -0.3 is 15.9 Å². The number of rotatable bonds is 5. The molecule has 4 heteroatoms. The summed E-state index contributed by atoms with van der Waals surface area (Å²) >= 11 is 0. The Bertz CT molecular complexity index is 361. The lowest BCUT2D eigenvalue weighted by molar-refractivity contribution is -0.144. The van der Waals surface area contributed by atoms with Gasteiger partial charge in [-0.1, -0.05) is 29.8 Å². The summed E-state index contributed by atoms with van der Waals surface area (Å²) in [5, 5.41) is 18.3. The van der Waals surface area contributed by atoms with E-state index in [1.54, 1.807) is 12.1 Å². The van der Waals surface area contributed by atoms with Crippen LogP contribution in [0.1, 0.15) is 17.5 Å². The lowest BCUT2D eigenvalue weighted by Crippen LogP contribution is -2.43. The van der Waals surface area contributed by atoms with E-state index in [0.717, 1.165) is 5.56 Å². The standard InChI is InChI=1S/C12H17NO3/c1-9-2-4-10(5-3-9)12(8-13,6-7-14)11(15)16/h2-5,14H,6-8,13H2,1H3,(H,15,16). The zero-order chi connectivity index (χ0) is 12.2. The van der Waals surface area contributed by atoms with Crippen LogP contribution < -0.4 is 5.73 Å². The normalized spacial score (nSPS) is 14.4. The van der Waals surface area contributed by atoms with Crippen molar-refractivity contribution in [3.8, 4) is 0 Å². The molecule has 88 valence electrons. The number of aliphatic hydroxyl groups is 1. The summed E-state index contributed by atoms with van der Waals surface area (Å²) in [6, 6.07) is 7.21. The zero-order valence-corrected chi connectivity index (χ0v) is 9.31. The second kappa shape index (κ2) is 5.09. The van der Waals surface area contributed by atoms with Crippen molar-refractivity contribution in [3.05, 3.63) is 35.4 Å². The maximum absolute atomic E-state index is 11.3. The number of aryl methyl sites for hydroxylation is 1. The molecule has 0 bridgehead atoms. The van der Waals surface area contributed by atoms with E-state index in [9.17, 15) is 9.90 Å². The second-order valence-electron chi connectivity index (χ2n) is 3.93. The van der Waals surface area contributed by atoms with Crippen LogP contribution in [0, 0.1) is 6.92 Å². The van der Waals surface area contributed by atoms with Crippen molar-refractivity contribution in [1.82, 2.24) is 0 Å². The first-order valence-electron chi connectivity index (χ1n) is 5.18. The number of nitrogens with two attached hydrogens (primary N) is 1. The number of hydrogen-bond acceptors (Lipinski definition) is 3. The van der Waals surface area contributed by atoms with Gasteiger partial charge in [0, 0.05) is 13.2 Å². The summed E-state index contributed by atoms with van der Waals surface area (Å²) in [5.74, 6) is -0.993. The maximum atomic E-state index is 11.3. The molecule has 0 fully saturated rings. The molecule has 0 radical (unpaired) electrons. The lowest BCUT2D eigenvalue weighted by atomic mass is 9.77. The van der Waals surface area contributed by atoms with Gasteiger partial charge in [-0.15, -0.1) is 0 Å². The van der Waals surface area contributed by atoms with Gasteiger partial charge in [-0.3, -0.25) is 4.79 Å².